The molecule has 3 rings (SSSR count). The molecule has 0 aliphatic carbocycles. The molecule has 2 aromatic heterocycles. The quantitative estimate of drug-likeness (QED) is 0.288. The maximum absolute atomic E-state index is 13.8. The number of nitrogens with one attached hydrogen (secondary N) is 1. The van der Waals surface area contributed by atoms with Gasteiger partial charge in [0, 0.05) is 18.9 Å². The number of hydrogen-bond acceptors (Lipinski definition) is 9. The molecule has 0 aliphatic heterocycles. The van der Waals surface area contributed by atoms with Crippen molar-refractivity contribution in [2.45, 2.75) is 75.7 Å². The fourth-order valence-corrected chi connectivity index (χ4v) is 5.34. The van der Waals surface area contributed by atoms with Crippen molar-refractivity contribution in [1.82, 2.24) is 15.3 Å². The number of amides is 1. The highest BCUT2D eigenvalue weighted by atomic mass is 32.2. The average Bonchev–Trinajstić information content (AvgIpc) is 2.90. The van der Waals surface area contributed by atoms with Crippen molar-refractivity contribution in [2.75, 3.05) is 11.4 Å². The number of benzene rings is 1. The summed E-state index contributed by atoms with van der Waals surface area (Å²) in [6, 6.07) is 11.3. The molecule has 1 N–H and O–H groups in total. The van der Waals surface area contributed by atoms with Crippen LogP contribution in [0.5, 0.6) is 0 Å². The zero-order valence-corrected chi connectivity index (χ0v) is 26.0. The Morgan fingerprint density at radius 2 is 1.55 bits per heavy atom. The van der Waals surface area contributed by atoms with Gasteiger partial charge >= 0.3 is 18.2 Å². The second-order valence-corrected chi connectivity index (χ2v) is 13.8. The summed E-state index contributed by atoms with van der Waals surface area (Å²) < 4.78 is 77.6. The summed E-state index contributed by atoms with van der Waals surface area (Å²) in [5.74, 6) is -0.846. The molecule has 3 aromatic rings. The number of anilines is 1. The fourth-order valence-electron chi connectivity index (χ4n) is 3.84. The van der Waals surface area contributed by atoms with E-state index in [0.29, 0.717) is 5.56 Å². The van der Waals surface area contributed by atoms with Crippen LogP contribution in [0.25, 0.3) is 0 Å². The molecular weight excluding hydrogens is 601 g/mol. The van der Waals surface area contributed by atoms with Crippen LogP contribution in [0.1, 0.15) is 63.7 Å². The zero-order valence-electron chi connectivity index (χ0n) is 25.2. The van der Waals surface area contributed by atoms with Gasteiger partial charge in [-0.25, -0.2) is 18.2 Å². The van der Waals surface area contributed by atoms with E-state index in [9.17, 15) is 31.2 Å². The van der Waals surface area contributed by atoms with Gasteiger partial charge in [0.1, 0.15) is 23.6 Å². The Bertz CT molecular complexity index is 1550. The summed E-state index contributed by atoms with van der Waals surface area (Å²) in [5, 5.41) is 1.34. The molecule has 0 aliphatic rings. The van der Waals surface area contributed by atoms with E-state index in [2.05, 4.69) is 15.3 Å². The van der Waals surface area contributed by atoms with Gasteiger partial charge in [-0.15, -0.1) is 0 Å². The van der Waals surface area contributed by atoms with Gasteiger partial charge in [-0.3, -0.25) is 20.0 Å². The van der Waals surface area contributed by atoms with Gasteiger partial charge in [-0.05, 0) is 83.5 Å². The van der Waals surface area contributed by atoms with Gasteiger partial charge in [0.25, 0.3) is 0 Å². The van der Waals surface area contributed by atoms with E-state index in [4.69, 9.17) is 9.47 Å². The second-order valence-electron chi connectivity index (χ2n) is 11.8. The smallest absolute Gasteiger partial charge is 0.416 e. The Morgan fingerprint density at radius 1 is 0.909 bits per heavy atom. The molecule has 44 heavy (non-hydrogen) atoms. The van der Waals surface area contributed by atoms with Crippen LogP contribution in [0.15, 0.2) is 71.9 Å². The molecule has 0 spiro atoms. The molecule has 0 bridgehead atoms. The van der Waals surface area contributed by atoms with E-state index in [1.54, 1.807) is 41.5 Å². The Morgan fingerprint density at radius 3 is 2.09 bits per heavy atom. The van der Waals surface area contributed by atoms with Crippen molar-refractivity contribution in [3.8, 4) is 0 Å². The SMILES string of the molecule is CC(C)(C)OC(=O)CN(C(=O)OC(C)(C)C)c1cccc(C(NCc2ccc(C(F)(F)F)cc2)S(=O)(=O)c2cccnc2)n1. The molecule has 10 nitrogen and oxygen atoms in total. The number of hydrogen-bond donors (Lipinski definition) is 1. The van der Waals surface area contributed by atoms with Crippen LogP contribution in [0.4, 0.5) is 23.8 Å². The van der Waals surface area contributed by atoms with Crippen molar-refractivity contribution < 1.29 is 40.7 Å². The topological polar surface area (TPSA) is 128 Å². The predicted molar refractivity (Wildman–Crippen MR) is 156 cm³/mol. The maximum Gasteiger partial charge on any atom is 0.416 e. The average molecular weight is 637 g/mol. The number of esters is 1. The summed E-state index contributed by atoms with van der Waals surface area (Å²) in [5.41, 5.74) is -2.31. The minimum absolute atomic E-state index is 0.0592. The number of pyridine rings is 2. The van der Waals surface area contributed by atoms with Crippen LogP contribution < -0.4 is 10.2 Å². The summed E-state index contributed by atoms with van der Waals surface area (Å²) in [6.45, 7) is 9.18. The van der Waals surface area contributed by atoms with Gasteiger partial charge in [0.2, 0.25) is 9.84 Å². The highest BCUT2D eigenvalue weighted by Gasteiger charge is 2.34. The summed E-state index contributed by atoms with van der Waals surface area (Å²) >= 11 is 0. The molecule has 0 radical (unpaired) electrons. The molecule has 1 aromatic carbocycles. The van der Waals surface area contributed by atoms with Gasteiger partial charge in [0.05, 0.1) is 16.2 Å². The van der Waals surface area contributed by atoms with Crippen molar-refractivity contribution >= 4 is 27.7 Å². The number of alkyl halides is 3. The second kappa shape index (κ2) is 13.3. The first-order chi connectivity index (χ1) is 20.3. The summed E-state index contributed by atoms with van der Waals surface area (Å²) in [4.78, 5) is 35.1. The van der Waals surface area contributed by atoms with Gasteiger partial charge in [-0.2, -0.15) is 13.2 Å². The third-order valence-electron chi connectivity index (χ3n) is 5.67. The van der Waals surface area contributed by atoms with E-state index in [0.717, 1.165) is 23.2 Å². The normalized spacial score (nSPS) is 13.2. The molecule has 0 saturated heterocycles. The molecule has 1 unspecified atom stereocenters. The highest BCUT2D eigenvalue weighted by Crippen LogP contribution is 2.30. The lowest BCUT2D eigenvalue weighted by Gasteiger charge is -2.28. The molecule has 1 amide bonds. The molecule has 14 heteroatoms. The van der Waals surface area contributed by atoms with Gasteiger partial charge < -0.3 is 9.47 Å². The van der Waals surface area contributed by atoms with E-state index < -0.39 is 56.8 Å². The predicted octanol–water partition coefficient (Wildman–Crippen LogP) is 5.84. The third-order valence-corrected chi connectivity index (χ3v) is 7.60. The Kier molecular flexibility index (Phi) is 10.4. The van der Waals surface area contributed by atoms with Crippen LogP contribution in [-0.2, 0) is 36.8 Å². The fraction of sp³-hybridized carbons (Fsp3) is 0.400. The Labute approximate surface area is 254 Å². The number of carbonyl (C=O) groups is 2. The Hall–Kier alpha value is -4.04. The van der Waals surface area contributed by atoms with Crippen molar-refractivity contribution in [3.05, 3.63) is 83.8 Å². The third kappa shape index (κ3) is 9.74. The minimum Gasteiger partial charge on any atom is -0.459 e. The first kappa shape index (κ1) is 34.5. The van der Waals surface area contributed by atoms with Crippen LogP contribution in [0.3, 0.4) is 0 Å². The molecular formula is C30H35F3N4O6S. The lowest BCUT2D eigenvalue weighted by atomic mass is 10.1. The first-order valence-electron chi connectivity index (χ1n) is 13.5. The molecule has 0 fully saturated rings. The lowest BCUT2D eigenvalue weighted by Crippen LogP contribution is -2.42. The number of aromatic nitrogens is 2. The zero-order chi connectivity index (χ0) is 32.9. The first-order valence-corrected chi connectivity index (χ1v) is 15.0. The number of sulfone groups is 1. The molecule has 1 atom stereocenters. The standard InChI is InChI=1S/C30H35F3N4O6S/c1-28(2,3)42-25(38)19-37(27(39)43-29(4,5)6)24-11-7-10-23(36-24)26(44(40,41)22-9-8-16-34-18-22)35-17-20-12-14-21(15-13-20)30(31,32)33/h7-16,18,26,35H,17,19H2,1-6H3. The summed E-state index contributed by atoms with van der Waals surface area (Å²) in [6.07, 6.45) is -2.89. The van der Waals surface area contributed by atoms with E-state index >= 15 is 0 Å². The van der Waals surface area contributed by atoms with E-state index in [1.807, 2.05) is 0 Å². The van der Waals surface area contributed by atoms with Crippen molar-refractivity contribution in [3.63, 3.8) is 0 Å². The number of nitrogens with zero attached hydrogens (tertiary/aromatic N) is 3. The largest absolute Gasteiger partial charge is 0.459 e. The maximum atomic E-state index is 13.8. The van der Waals surface area contributed by atoms with Gasteiger partial charge in [0.15, 0.2) is 5.37 Å². The lowest BCUT2D eigenvalue weighted by molar-refractivity contribution is -0.153. The highest BCUT2D eigenvalue weighted by molar-refractivity contribution is 7.91. The number of ether oxygens (including phenoxy) is 2. The van der Waals surface area contributed by atoms with Crippen molar-refractivity contribution in [1.29, 1.82) is 0 Å². The van der Waals surface area contributed by atoms with Crippen LogP contribution in [0.2, 0.25) is 0 Å². The molecule has 2 heterocycles. The van der Waals surface area contributed by atoms with E-state index in [1.165, 1.54) is 48.7 Å². The number of rotatable bonds is 9. The summed E-state index contributed by atoms with van der Waals surface area (Å²) in [7, 11) is -4.24. The van der Waals surface area contributed by atoms with E-state index in [-0.39, 0.29) is 23.0 Å². The number of halogens is 3. The van der Waals surface area contributed by atoms with Gasteiger partial charge in [-0.1, -0.05) is 18.2 Å². The van der Waals surface area contributed by atoms with Crippen LogP contribution in [-0.4, -0.2) is 48.2 Å². The molecule has 238 valence electrons. The van der Waals surface area contributed by atoms with Crippen LogP contribution in [0, 0.1) is 0 Å². The molecule has 0 saturated carbocycles. The minimum atomic E-state index is -4.53. The Balaban J connectivity index is 2.04. The number of carbonyl (C=O) groups excluding carboxylic acids is 2. The van der Waals surface area contributed by atoms with Crippen LogP contribution >= 0.6 is 0 Å². The monoisotopic (exact) mass is 636 g/mol. The van der Waals surface area contributed by atoms with Crippen molar-refractivity contribution in [2.24, 2.45) is 0 Å².